The highest BCUT2D eigenvalue weighted by molar-refractivity contribution is 5.73. The fraction of sp³-hybridized carbons (Fsp3) is 0.947. The van der Waals surface area contributed by atoms with E-state index in [-0.39, 0.29) is 0 Å². The molecule has 16 N–H and O–H groups in total. The van der Waals surface area contributed by atoms with Crippen LogP contribution < -0.4 is 10.6 Å². The van der Waals surface area contributed by atoms with Crippen LogP contribution in [0.2, 0.25) is 0 Å². The zero-order valence-corrected chi connectivity index (χ0v) is 36.2. The van der Waals surface area contributed by atoms with Gasteiger partial charge in [0.2, 0.25) is 11.8 Å². The summed E-state index contributed by atoms with van der Waals surface area (Å²) in [5.41, 5.74) is -0.693. The van der Waals surface area contributed by atoms with Gasteiger partial charge in [0.1, 0.15) is 116 Å². The van der Waals surface area contributed by atoms with Crippen molar-refractivity contribution in [2.45, 2.75) is 188 Å². The molecule has 27 heteroatoms. The first kappa shape index (κ1) is 54.0. The van der Waals surface area contributed by atoms with Crippen LogP contribution in [-0.4, -0.2) is 270 Å². The van der Waals surface area contributed by atoms with E-state index in [0.29, 0.717) is 0 Å². The Morgan fingerprint density at radius 3 is 1.35 bits per heavy atom. The summed E-state index contributed by atoms with van der Waals surface area (Å²) in [5, 5.41) is 155. The van der Waals surface area contributed by atoms with E-state index in [2.05, 4.69) is 10.6 Å². The molecule has 25 atom stereocenters. The molecule has 27 nitrogen and oxygen atoms in total. The fourth-order valence-corrected chi connectivity index (χ4v) is 8.50. The molecule has 65 heavy (non-hydrogen) atoms. The summed E-state index contributed by atoms with van der Waals surface area (Å²) in [5.74, 6) is -1.29. The summed E-state index contributed by atoms with van der Waals surface area (Å²) in [6, 6.07) is -2.74. The first-order valence-electron chi connectivity index (χ1n) is 21.1. The lowest BCUT2D eigenvalue weighted by molar-refractivity contribution is -0.383. The number of nitrogens with one attached hydrogen (secondary N) is 2. The van der Waals surface area contributed by atoms with E-state index < -0.39 is 203 Å². The second-order valence-corrected chi connectivity index (χ2v) is 17.9. The number of hydrogen-bond acceptors (Lipinski definition) is 25. The molecule has 5 rings (SSSR count). The molecule has 0 aromatic heterocycles. The second kappa shape index (κ2) is 22.6. The normalized spacial score (nSPS) is 47.5. The minimum absolute atomic E-state index is 0.531. The van der Waals surface area contributed by atoms with E-state index in [1.54, 1.807) is 20.8 Å². The zero-order chi connectivity index (χ0) is 48.4. The molecule has 5 heterocycles. The van der Waals surface area contributed by atoms with Crippen molar-refractivity contribution in [3.05, 3.63) is 0 Å². The Morgan fingerprint density at radius 1 is 0.446 bits per heavy atom. The van der Waals surface area contributed by atoms with Crippen LogP contribution in [-0.2, 0) is 52.2 Å². The van der Waals surface area contributed by atoms with Crippen LogP contribution in [0.4, 0.5) is 0 Å². The lowest BCUT2D eigenvalue weighted by Crippen LogP contribution is -2.71. The van der Waals surface area contributed by atoms with Gasteiger partial charge in [0, 0.05) is 13.8 Å². The smallest absolute Gasteiger partial charge is 0.217 e. The van der Waals surface area contributed by atoms with E-state index in [0.717, 1.165) is 6.92 Å². The van der Waals surface area contributed by atoms with Crippen LogP contribution in [0, 0.1) is 5.41 Å². The van der Waals surface area contributed by atoms with E-state index in [1.165, 1.54) is 6.92 Å². The lowest BCUT2D eigenvalue weighted by atomic mass is 9.78. The Balaban J connectivity index is 1.43. The van der Waals surface area contributed by atoms with Crippen LogP contribution in [0.3, 0.4) is 0 Å². The van der Waals surface area contributed by atoms with Crippen LogP contribution in [0.5, 0.6) is 0 Å². The third-order valence-corrected chi connectivity index (χ3v) is 12.0. The molecule has 378 valence electrons. The number of carbonyl (C=O) groups is 2. The van der Waals surface area contributed by atoms with Crippen molar-refractivity contribution in [2.24, 2.45) is 5.41 Å². The monoisotopic (exact) mass is 950 g/mol. The topological polar surface area (TPSA) is 424 Å². The number of rotatable bonds is 15. The van der Waals surface area contributed by atoms with Crippen molar-refractivity contribution in [1.82, 2.24) is 10.6 Å². The van der Waals surface area contributed by atoms with Crippen molar-refractivity contribution in [2.75, 3.05) is 33.0 Å². The summed E-state index contributed by atoms with van der Waals surface area (Å²) >= 11 is 0. The quantitative estimate of drug-likeness (QED) is 0.0725. The molecular weight excluding hydrogens is 884 g/mol. The van der Waals surface area contributed by atoms with Gasteiger partial charge in [-0.2, -0.15) is 0 Å². The lowest BCUT2D eigenvalue weighted by Gasteiger charge is -2.51. The Hall–Kier alpha value is -1.98. The Bertz CT molecular complexity index is 1530. The first-order chi connectivity index (χ1) is 30.5. The molecule has 0 saturated carbocycles. The summed E-state index contributed by atoms with van der Waals surface area (Å²) in [4.78, 5) is 24.8. The molecule has 0 spiro atoms. The average molecular weight is 951 g/mol. The third kappa shape index (κ3) is 11.9. The van der Waals surface area contributed by atoms with E-state index in [9.17, 15) is 81.1 Å². The first-order valence-corrected chi connectivity index (χ1v) is 21.1. The molecule has 5 aliphatic rings. The highest BCUT2D eigenvalue weighted by atomic mass is 16.8. The summed E-state index contributed by atoms with van der Waals surface area (Å²) in [6.45, 7) is 3.41. The standard InChI is InChI=1S/C38H66N2O25/c1-11(45)39-18-23(50)30(15(8-43)58-33(18)38(3,4)5)63-34-19(40-12(2)46)24(51)31(16(9-44)61-34)64-37-29(56)32(65-36-28(55)26(53)21(48)14(7-42)60-36)22(49)17(62-37)10-57-35-27(54)25(52)20(47)13(6-41)59-35/h13-37,41-44,47-56H,6-10H2,1-5H3,(H,39,45)(H,40,46). The van der Waals surface area contributed by atoms with Gasteiger partial charge in [-0.25, -0.2) is 0 Å². The van der Waals surface area contributed by atoms with Gasteiger partial charge in [-0.1, -0.05) is 20.8 Å². The van der Waals surface area contributed by atoms with E-state index in [1.807, 2.05) is 0 Å². The van der Waals surface area contributed by atoms with Gasteiger partial charge < -0.3 is 125 Å². The summed E-state index contributed by atoms with van der Waals surface area (Å²) in [7, 11) is 0. The number of aliphatic hydroxyl groups is 14. The maximum Gasteiger partial charge on any atom is 0.217 e. The van der Waals surface area contributed by atoms with Gasteiger partial charge in [0.05, 0.1) is 45.2 Å². The fourth-order valence-electron chi connectivity index (χ4n) is 8.50. The van der Waals surface area contributed by atoms with Gasteiger partial charge >= 0.3 is 0 Å². The molecule has 0 aromatic rings. The van der Waals surface area contributed by atoms with Crippen molar-refractivity contribution >= 4 is 11.8 Å². The number of hydrogen-bond donors (Lipinski definition) is 16. The number of ether oxygens (including phenoxy) is 9. The van der Waals surface area contributed by atoms with Crippen LogP contribution in [0.15, 0.2) is 0 Å². The van der Waals surface area contributed by atoms with Gasteiger partial charge in [-0.05, 0) is 5.41 Å². The van der Waals surface area contributed by atoms with Gasteiger partial charge in [-0.3, -0.25) is 9.59 Å². The van der Waals surface area contributed by atoms with Gasteiger partial charge in [0.25, 0.3) is 0 Å². The molecule has 5 aliphatic heterocycles. The largest absolute Gasteiger partial charge is 0.394 e. The van der Waals surface area contributed by atoms with E-state index >= 15 is 0 Å². The predicted molar refractivity (Wildman–Crippen MR) is 207 cm³/mol. The molecule has 5 fully saturated rings. The molecule has 0 aliphatic carbocycles. The molecule has 0 aromatic carbocycles. The maximum atomic E-state index is 12.6. The van der Waals surface area contributed by atoms with Crippen molar-refractivity contribution in [3.63, 3.8) is 0 Å². The van der Waals surface area contributed by atoms with Crippen LogP contribution in [0.1, 0.15) is 34.6 Å². The number of aliphatic hydroxyl groups excluding tert-OH is 14. The Morgan fingerprint density at radius 2 is 0.846 bits per heavy atom. The van der Waals surface area contributed by atoms with Gasteiger partial charge in [-0.15, -0.1) is 0 Å². The predicted octanol–water partition coefficient (Wildman–Crippen LogP) is -9.54. The highest BCUT2D eigenvalue weighted by Crippen LogP contribution is 2.38. The summed E-state index contributed by atoms with van der Waals surface area (Å²) in [6.07, 6.45) is -40.4. The van der Waals surface area contributed by atoms with Crippen LogP contribution >= 0.6 is 0 Å². The summed E-state index contributed by atoms with van der Waals surface area (Å²) < 4.78 is 52.2. The molecule has 0 bridgehead atoms. The van der Waals surface area contributed by atoms with Gasteiger partial charge in [0.15, 0.2) is 25.2 Å². The molecule has 5 saturated heterocycles. The van der Waals surface area contributed by atoms with Crippen molar-refractivity contribution in [3.8, 4) is 0 Å². The maximum absolute atomic E-state index is 12.6. The minimum atomic E-state index is -2.16. The Kier molecular flexibility index (Phi) is 18.8. The zero-order valence-electron chi connectivity index (χ0n) is 36.2. The number of carbonyl (C=O) groups excluding carboxylic acids is 2. The van der Waals surface area contributed by atoms with E-state index in [4.69, 9.17) is 42.6 Å². The minimum Gasteiger partial charge on any atom is -0.394 e. The molecule has 25 unspecified atom stereocenters. The van der Waals surface area contributed by atoms with Crippen LogP contribution in [0.25, 0.3) is 0 Å². The Labute approximate surface area is 372 Å². The average Bonchev–Trinajstić information content (AvgIpc) is 3.25. The molecule has 0 radical (unpaired) electrons. The SMILES string of the molecule is CC(=O)NC1C(OC2C(CO)OC(C(C)(C)C)C(NC(C)=O)C2O)OC(CO)C(OC2OC(COC3OC(CO)C(O)C(O)C3O)C(O)C(OC3OC(CO)C(O)C(O)C3O)C2O)C1O. The third-order valence-electron chi connectivity index (χ3n) is 12.0. The highest BCUT2D eigenvalue weighted by Gasteiger charge is 2.57. The molecular formula is C38H66N2O25. The van der Waals surface area contributed by atoms with Crippen molar-refractivity contribution < 1.29 is 124 Å². The van der Waals surface area contributed by atoms with Crippen molar-refractivity contribution in [1.29, 1.82) is 0 Å². The second-order valence-electron chi connectivity index (χ2n) is 17.9. The molecule has 2 amide bonds. The number of amides is 2.